The van der Waals surface area contributed by atoms with E-state index in [0.29, 0.717) is 42.7 Å². The van der Waals surface area contributed by atoms with E-state index in [4.69, 9.17) is 14.2 Å². The van der Waals surface area contributed by atoms with Crippen molar-refractivity contribution in [2.45, 2.75) is 86.7 Å². The van der Waals surface area contributed by atoms with Crippen LogP contribution in [-0.2, 0) is 33.9 Å². The number of sulfonamides is 1. The van der Waals surface area contributed by atoms with Gasteiger partial charge in [-0.2, -0.15) is 0 Å². The van der Waals surface area contributed by atoms with Gasteiger partial charge in [0.05, 0.1) is 24.2 Å². The Kier molecular flexibility index (Phi) is 11.4. The van der Waals surface area contributed by atoms with Gasteiger partial charge in [0.2, 0.25) is 21.8 Å². The minimum atomic E-state index is -3.91. The van der Waals surface area contributed by atoms with E-state index < -0.39 is 74.6 Å². The van der Waals surface area contributed by atoms with Gasteiger partial charge in [-0.25, -0.2) is 18.2 Å². The molecule has 2 saturated carbocycles. The molecule has 1 aromatic carbocycles. The smallest absolute Gasteiger partial charge is 0.407 e. The molecule has 2 aliphatic carbocycles. The van der Waals surface area contributed by atoms with Gasteiger partial charge in [-0.15, -0.1) is 0 Å². The van der Waals surface area contributed by atoms with E-state index in [1.165, 1.54) is 4.90 Å². The predicted octanol–water partition coefficient (Wildman–Crippen LogP) is 1.96. The van der Waals surface area contributed by atoms with Crippen molar-refractivity contribution in [1.82, 2.24) is 30.6 Å². The average Bonchev–Trinajstić information content (AvgIpc) is 4.10. The van der Waals surface area contributed by atoms with Crippen LogP contribution in [0.3, 0.4) is 0 Å². The van der Waals surface area contributed by atoms with E-state index >= 15 is 0 Å². The molecule has 5 aliphatic rings. The molecule has 3 aliphatic heterocycles. The molecule has 0 radical (unpaired) electrons. The standard InChI is InChI=1S/C38H46N6O10S/c45-33-30-13-7-12-29(40-30)24-8-6-10-27(20-24)53-18-16-52-17-19-54-37(49)41-31-11-5-3-1-2-4-9-25-22-38(25,36(48)43-55(50,51)28-14-15-28)42-34(46)32-21-26(39-33)23-44(32)35(31)47/h4,6-10,12-13,20,25-26,28,31-32H,1-3,5,11,14-19,21-23H2,(H,39,45)(H,41,49)(H,42,46)(H,43,48)/t25-,26-,31+,32+,38-/m1/s1. The molecule has 4 heterocycles. The molecule has 2 aromatic rings. The molecule has 0 spiro atoms. The molecule has 7 rings (SSSR count). The molecule has 55 heavy (non-hydrogen) atoms. The van der Waals surface area contributed by atoms with Crippen molar-refractivity contribution < 1.29 is 46.6 Å². The molecule has 0 unspecified atom stereocenters. The molecule has 16 nitrogen and oxygen atoms in total. The number of aromatic nitrogens is 1. The molecular weight excluding hydrogens is 733 g/mol. The van der Waals surface area contributed by atoms with E-state index in [-0.39, 0.29) is 57.9 Å². The van der Waals surface area contributed by atoms with Crippen LogP contribution in [0.5, 0.6) is 5.75 Å². The molecule has 1 saturated heterocycles. The molecule has 3 fully saturated rings. The summed E-state index contributed by atoms with van der Waals surface area (Å²) in [6.45, 7) is 0.380. The van der Waals surface area contributed by atoms with Crippen LogP contribution >= 0.6 is 0 Å². The summed E-state index contributed by atoms with van der Waals surface area (Å²) in [6.07, 6.45) is 6.99. The average molecular weight is 779 g/mol. The first-order chi connectivity index (χ1) is 26.5. The maximum Gasteiger partial charge on any atom is 0.407 e. The van der Waals surface area contributed by atoms with Crippen molar-refractivity contribution in [3.05, 3.63) is 60.3 Å². The normalized spacial score (nSPS) is 28.3. The summed E-state index contributed by atoms with van der Waals surface area (Å²) in [6, 6.07) is 9.31. The Morgan fingerprint density at radius 2 is 1.69 bits per heavy atom. The Bertz CT molecular complexity index is 1950. The lowest BCUT2D eigenvalue weighted by Gasteiger charge is -2.30. The number of carbonyl (C=O) groups is 5. The highest BCUT2D eigenvalue weighted by Crippen LogP contribution is 2.46. The molecule has 1 aromatic heterocycles. The van der Waals surface area contributed by atoms with E-state index in [1.54, 1.807) is 36.4 Å². The van der Waals surface area contributed by atoms with Gasteiger partial charge in [-0.05, 0) is 69.2 Å². The van der Waals surface area contributed by atoms with Gasteiger partial charge < -0.3 is 35.1 Å². The van der Waals surface area contributed by atoms with Crippen molar-refractivity contribution >= 4 is 39.7 Å². The lowest BCUT2D eigenvalue weighted by molar-refractivity contribution is -0.141. The van der Waals surface area contributed by atoms with Gasteiger partial charge >= 0.3 is 6.09 Å². The fourth-order valence-corrected chi connectivity index (χ4v) is 8.69. The van der Waals surface area contributed by atoms with Gasteiger partial charge in [0, 0.05) is 24.1 Å². The van der Waals surface area contributed by atoms with Gasteiger partial charge in [0.1, 0.15) is 42.3 Å². The lowest BCUT2D eigenvalue weighted by Crippen LogP contribution is -2.58. The van der Waals surface area contributed by atoms with Gasteiger partial charge in [-0.1, -0.05) is 43.2 Å². The Hall–Kier alpha value is -5.03. The molecule has 5 amide bonds. The Labute approximate surface area is 319 Å². The quantitative estimate of drug-likeness (QED) is 0.331. The number of allylic oxidation sites excluding steroid dienone is 1. The third kappa shape index (κ3) is 9.10. The monoisotopic (exact) mass is 778 g/mol. The topological polar surface area (TPSA) is 211 Å². The number of fused-ring (bicyclic) bond motifs is 8. The Balaban J connectivity index is 1.18. The van der Waals surface area contributed by atoms with Crippen LogP contribution in [0, 0.1) is 5.92 Å². The maximum atomic E-state index is 14.4. The van der Waals surface area contributed by atoms with Crippen molar-refractivity contribution in [2.24, 2.45) is 5.92 Å². The SMILES string of the molecule is O=C1N[C@H]2CCCCCC=C[C@@H]3C[C@@]3(C(=O)NS(=O)(=O)C3CC3)NC(=O)[C@@H]3C[C@H](CN3C2=O)NC(=O)c2cccc(n2)-c2cccc(c2)OCCOCCO1. The number of amides is 5. The first-order valence-corrected chi connectivity index (χ1v) is 20.4. The number of hydrogen-bond donors (Lipinski definition) is 4. The largest absolute Gasteiger partial charge is 0.491 e. The number of hydrogen-bond acceptors (Lipinski definition) is 11. The zero-order valence-electron chi connectivity index (χ0n) is 30.4. The fraction of sp³-hybridized carbons (Fsp3) is 0.526. The predicted molar refractivity (Wildman–Crippen MR) is 197 cm³/mol. The van der Waals surface area contributed by atoms with Crippen LogP contribution in [0.25, 0.3) is 11.3 Å². The lowest BCUT2D eigenvalue weighted by atomic mass is 10.0. The summed E-state index contributed by atoms with van der Waals surface area (Å²) in [4.78, 5) is 74.9. The minimum absolute atomic E-state index is 0.0184. The third-order valence-electron chi connectivity index (χ3n) is 10.6. The number of pyridine rings is 1. The second-order valence-electron chi connectivity index (χ2n) is 14.7. The molecule has 17 heteroatoms. The molecule has 5 atom stereocenters. The highest BCUT2D eigenvalue weighted by molar-refractivity contribution is 7.91. The maximum absolute atomic E-state index is 14.4. The van der Waals surface area contributed by atoms with Crippen molar-refractivity contribution in [2.75, 3.05) is 33.0 Å². The summed E-state index contributed by atoms with van der Waals surface area (Å²) in [5.74, 6) is -2.47. The summed E-state index contributed by atoms with van der Waals surface area (Å²) in [7, 11) is -3.91. The van der Waals surface area contributed by atoms with Crippen LogP contribution in [-0.4, -0.2) is 110 Å². The van der Waals surface area contributed by atoms with Crippen molar-refractivity contribution in [3.8, 4) is 17.0 Å². The third-order valence-corrected chi connectivity index (χ3v) is 12.4. The van der Waals surface area contributed by atoms with Crippen LogP contribution in [0.15, 0.2) is 54.6 Å². The van der Waals surface area contributed by atoms with Crippen LogP contribution in [0.4, 0.5) is 4.79 Å². The van der Waals surface area contributed by atoms with E-state index in [2.05, 4.69) is 25.7 Å². The van der Waals surface area contributed by atoms with Crippen molar-refractivity contribution in [1.29, 1.82) is 0 Å². The number of cyclic esters (lactones) is 1. The summed E-state index contributed by atoms with van der Waals surface area (Å²) in [5, 5.41) is 7.78. The molecule has 294 valence electrons. The first-order valence-electron chi connectivity index (χ1n) is 18.9. The molecule has 7 bridgehead atoms. The van der Waals surface area contributed by atoms with Crippen LogP contribution < -0.4 is 25.4 Å². The van der Waals surface area contributed by atoms with E-state index in [9.17, 15) is 32.4 Å². The number of ether oxygens (including phenoxy) is 3. The highest BCUT2D eigenvalue weighted by Gasteiger charge is 2.62. The summed E-state index contributed by atoms with van der Waals surface area (Å²) in [5.41, 5.74) is -0.183. The van der Waals surface area contributed by atoms with E-state index in [0.717, 1.165) is 12.8 Å². The zero-order chi connectivity index (χ0) is 38.6. The second-order valence-corrected chi connectivity index (χ2v) is 16.6. The Morgan fingerprint density at radius 3 is 2.51 bits per heavy atom. The molecular formula is C38H46N6O10S. The number of benzene rings is 1. The first kappa shape index (κ1) is 38.3. The van der Waals surface area contributed by atoms with Gasteiger partial charge in [0.15, 0.2) is 0 Å². The fourth-order valence-electron chi connectivity index (χ4n) is 7.33. The second kappa shape index (κ2) is 16.4. The zero-order valence-corrected chi connectivity index (χ0v) is 31.2. The molecule has 4 N–H and O–H groups in total. The number of alkyl carbamates (subject to hydrolysis) is 1. The summed E-state index contributed by atoms with van der Waals surface area (Å²) >= 11 is 0. The Morgan fingerprint density at radius 1 is 0.909 bits per heavy atom. The van der Waals surface area contributed by atoms with Gasteiger partial charge in [-0.3, -0.25) is 23.9 Å². The van der Waals surface area contributed by atoms with Crippen LogP contribution in [0.1, 0.15) is 68.3 Å². The number of carbonyl (C=O) groups excluding carboxylic acids is 5. The minimum Gasteiger partial charge on any atom is -0.491 e. The van der Waals surface area contributed by atoms with Gasteiger partial charge in [0.25, 0.3) is 11.8 Å². The van der Waals surface area contributed by atoms with Crippen molar-refractivity contribution in [3.63, 3.8) is 0 Å². The number of rotatable bonds is 3. The number of nitrogens with one attached hydrogen (secondary N) is 4. The highest BCUT2D eigenvalue weighted by atomic mass is 32.2. The van der Waals surface area contributed by atoms with E-state index in [1.807, 2.05) is 18.2 Å². The summed E-state index contributed by atoms with van der Waals surface area (Å²) < 4.78 is 44.5. The van der Waals surface area contributed by atoms with Crippen LogP contribution in [0.2, 0.25) is 0 Å². The number of nitrogens with zero attached hydrogens (tertiary/aromatic N) is 2.